The maximum Gasteiger partial charge on any atom is 0.472 e. The highest BCUT2D eigenvalue weighted by atomic mass is 31.2. The molecule has 3 N–H and O–H groups in total. The van der Waals surface area contributed by atoms with Gasteiger partial charge in [-0.2, -0.15) is 0 Å². The number of rotatable bonds is 63. The van der Waals surface area contributed by atoms with Crippen molar-refractivity contribution in [1.82, 2.24) is 0 Å². The van der Waals surface area contributed by atoms with Crippen LogP contribution in [0.1, 0.15) is 318 Å². The third-order valence-corrected chi connectivity index (χ3v) is 17.0. The molecule has 0 amide bonds. The van der Waals surface area contributed by atoms with Crippen molar-refractivity contribution >= 4 is 39.5 Å². The summed E-state index contributed by atoms with van der Waals surface area (Å²) in [6.07, 6.45) is 39.7. The molecule has 0 rings (SSSR count). The zero-order valence-corrected chi connectivity index (χ0v) is 55.3. The molecule has 0 aliphatic rings. The predicted octanol–water partition coefficient (Wildman–Crippen LogP) is 17.7. The van der Waals surface area contributed by atoms with Gasteiger partial charge in [0.2, 0.25) is 0 Å². The summed E-state index contributed by atoms with van der Waals surface area (Å²) in [4.78, 5) is 71.9. The number of aliphatic hydroxyl groups excluding tert-OH is 1. The summed E-state index contributed by atoms with van der Waals surface area (Å²) >= 11 is 0. The van der Waals surface area contributed by atoms with E-state index in [2.05, 4.69) is 41.5 Å². The quantitative estimate of drug-likeness (QED) is 0.0222. The molecule has 0 heterocycles. The number of phosphoric acid groups is 2. The summed E-state index contributed by atoms with van der Waals surface area (Å²) in [6.45, 7) is 9.27. The van der Waals surface area contributed by atoms with Gasteiger partial charge in [0.05, 0.1) is 26.4 Å². The highest BCUT2D eigenvalue weighted by molar-refractivity contribution is 7.47. The lowest BCUT2D eigenvalue weighted by atomic mass is 10.00. The van der Waals surface area contributed by atoms with Crippen LogP contribution in [0.15, 0.2) is 0 Å². The summed E-state index contributed by atoms with van der Waals surface area (Å²) in [6, 6.07) is 0. The molecular weight excluding hydrogens is 1100 g/mol. The second-order valence-electron chi connectivity index (χ2n) is 23.9. The van der Waals surface area contributed by atoms with Crippen LogP contribution in [0.2, 0.25) is 0 Å². The smallest absolute Gasteiger partial charge is 0.462 e. The third kappa shape index (κ3) is 57.6. The summed E-state index contributed by atoms with van der Waals surface area (Å²) in [5.74, 6) is -0.750. The van der Waals surface area contributed by atoms with Crippen molar-refractivity contribution in [2.24, 2.45) is 11.8 Å². The van der Waals surface area contributed by atoms with Gasteiger partial charge in [0, 0.05) is 25.7 Å². The summed E-state index contributed by atoms with van der Waals surface area (Å²) in [5, 5.41) is 10.5. The van der Waals surface area contributed by atoms with E-state index in [9.17, 15) is 43.2 Å². The average molecular weight is 1230 g/mol. The molecule has 0 aromatic rings. The summed E-state index contributed by atoms with van der Waals surface area (Å²) in [5.41, 5.74) is 0. The SMILES string of the molecule is CCCCCCCCCCCCCCCCCCCCCC(=O)O[C@H](COC(=O)CCCCCCCCC(C)CC)COP(=O)(O)OC[C@@H](O)COP(=O)(O)OC[C@@H](COC(=O)CCCCCCC)OC(=O)CCCCCCCCC(C)C. The first-order valence-electron chi connectivity index (χ1n) is 33.5. The Balaban J connectivity index is 5.11. The number of hydrogen-bond acceptors (Lipinski definition) is 15. The Morgan fingerprint density at radius 2 is 0.614 bits per heavy atom. The van der Waals surface area contributed by atoms with Crippen LogP contribution >= 0.6 is 15.6 Å². The molecule has 0 spiro atoms. The number of esters is 4. The zero-order valence-electron chi connectivity index (χ0n) is 53.5. The van der Waals surface area contributed by atoms with E-state index in [0.717, 1.165) is 109 Å². The van der Waals surface area contributed by atoms with E-state index >= 15 is 0 Å². The number of unbranched alkanes of at least 4 members (excludes halogenated alkanes) is 32. The fourth-order valence-corrected chi connectivity index (χ4v) is 11.1. The lowest BCUT2D eigenvalue weighted by Gasteiger charge is -2.21. The number of phosphoric ester groups is 2. The number of aliphatic hydroxyl groups is 1. The third-order valence-electron chi connectivity index (χ3n) is 15.1. The first-order valence-corrected chi connectivity index (χ1v) is 36.5. The second-order valence-corrected chi connectivity index (χ2v) is 26.8. The van der Waals surface area contributed by atoms with Crippen LogP contribution < -0.4 is 0 Å². The normalized spacial score (nSPS) is 14.6. The number of ether oxygens (including phenoxy) is 4. The standard InChI is InChI=1S/C64H124O17P2/c1-7-10-12-14-15-16-17-18-19-20-21-22-23-24-25-26-27-36-42-48-63(68)80-60(53-75-62(67)47-41-35-31-29-34-39-45-57(6)9-3)55-79-83(72,73)77-51-58(65)50-76-82(70,71)78-54-59(52-74-61(66)46-40-32-13-11-8-2)81-64(69)49-43-37-30-28-33-38-44-56(4)5/h56-60,65H,7-55H2,1-6H3,(H,70,71)(H,72,73)/t57?,58-,59+,60+/m0/s1. The maximum absolute atomic E-state index is 13.0. The molecule has 0 saturated heterocycles. The Morgan fingerprint density at radius 3 is 0.916 bits per heavy atom. The number of carbonyl (C=O) groups is 4. The van der Waals surface area contributed by atoms with E-state index in [-0.39, 0.29) is 25.7 Å². The number of carbonyl (C=O) groups excluding carboxylic acids is 4. The molecular formula is C64H124O17P2. The van der Waals surface area contributed by atoms with Gasteiger partial charge in [-0.1, -0.05) is 266 Å². The molecule has 3 unspecified atom stereocenters. The molecule has 0 radical (unpaired) electrons. The monoisotopic (exact) mass is 1230 g/mol. The molecule has 19 heteroatoms. The van der Waals surface area contributed by atoms with E-state index in [1.165, 1.54) is 122 Å². The van der Waals surface area contributed by atoms with Gasteiger partial charge in [-0.15, -0.1) is 0 Å². The van der Waals surface area contributed by atoms with Gasteiger partial charge in [0.25, 0.3) is 0 Å². The van der Waals surface area contributed by atoms with Gasteiger partial charge in [0.15, 0.2) is 12.2 Å². The Labute approximate surface area is 505 Å². The molecule has 0 aromatic heterocycles. The fraction of sp³-hybridized carbons (Fsp3) is 0.938. The van der Waals surface area contributed by atoms with Crippen molar-refractivity contribution in [3.63, 3.8) is 0 Å². The Bertz CT molecular complexity index is 1630. The Kier molecular flexibility index (Phi) is 55.2. The van der Waals surface area contributed by atoms with Crippen LogP contribution in [0, 0.1) is 11.8 Å². The van der Waals surface area contributed by atoms with Gasteiger partial charge >= 0.3 is 39.5 Å². The van der Waals surface area contributed by atoms with Crippen molar-refractivity contribution in [1.29, 1.82) is 0 Å². The molecule has 0 fully saturated rings. The van der Waals surface area contributed by atoms with E-state index in [1.807, 2.05) is 0 Å². The summed E-state index contributed by atoms with van der Waals surface area (Å²) < 4.78 is 67.7. The van der Waals surface area contributed by atoms with E-state index in [1.54, 1.807) is 0 Å². The highest BCUT2D eigenvalue weighted by Crippen LogP contribution is 2.45. The molecule has 6 atom stereocenters. The minimum absolute atomic E-state index is 0.101. The molecule has 0 bridgehead atoms. The van der Waals surface area contributed by atoms with Crippen LogP contribution in [-0.2, 0) is 65.4 Å². The van der Waals surface area contributed by atoms with Crippen molar-refractivity contribution in [2.45, 2.75) is 336 Å². The Morgan fingerprint density at radius 1 is 0.349 bits per heavy atom. The minimum Gasteiger partial charge on any atom is -0.462 e. The van der Waals surface area contributed by atoms with E-state index in [0.29, 0.717) is 31.6 Å². The predicted molar refractivity (Wildman–Crippen MR) is 331 cm³/mol. The number of hydrogen-bond donors (Lipinski definition) is 3. The van der Waals surface area contributed by atoms with Crippen LogP contribution in [0.5, 0.6) is 0 Å². The molecule has 0 aromatic carbocycles. The largest absolute Gasteiger partial charge is 0.472 e. The first-order chi connectivity index (χ1) is 39.9. The maximum atomic E-state index is 13.0. The molecule has 492 valence electrons. The lowest BCUT2D eigenvalue weighted by Crippen LogP contribution is -2.30. The first kappa shape index (κ1) is 81.1. The topological polar surface area (TPSA) is 237 Å². The minimum atomic E-state index is -4.94. The zero-order chi connectivity index (χ0) is 61.5. The van der Waals surface area contributed by atoms with Crippen molar-refractivity contribution in [3.8, 4) is 0 Å². The lowest BCUT2D eigenvalue weighted by molar-refractivity contribution is -0.161. The van der Waals surface area contributed by atoms with Crippen molar-refractivity contribution in [2.75, 3.05) is 39.6 Å². The highest BCUT2D eigenvalue weighted by Gasteiger charge is 2.30. The molecule has 83 heavy (non-hydrogen) atoms. The van der Waals surface area contributed by atoms with Crippen LogP contribution in [0.4, 0.5) is 0 Å². The van der Waals surface area contributed by atoms with Gasteiger partial charge in [-0.05, 0) is 37.5 Å². The fourth-order valence-electron chi connectivity index (χ4n) is 9.50. The van der Waals surface area contributed by atoms with Crippen LogP contribution in [0.25, 0.3) is 0 Å². The second kappa shape index (κ2) is 56.6. The molecule has 0 aliphatic heterocycles. The Hall–Kier alpha value is -1.94. The van der Waals surface area contributed by atoms with Crippen LogP contribution in [-0.4, -0.2) is 96.7 Å². The molecule has 0 aliphatic carbocycles. The van der Waals surface area contributed by atoms with Gasteiger partial charge in [0.1, 0.15) is 19.3 Å². The van der Waals surface area contributed by atoms with Gasteiger partial charge in [-0.3, -0.25) is 37.3 Å². The van der Waals surface area contributed by atoms with Crippen molar-refractivity contribution < 1.29 is 80.2 Å². The molecule has 0 saturated carbocycles. The van der Waals surface area contributed by atoms with E-state index in [4.69, 9.17) is 37.0 Å². The van der Waals surface area contributed by atoms with Crippen LogP contribution in [0.3, 0.4) is 0 Å². The van der Waals surface area contributed by atoms with Gasteiger partial charge < -0.3 is 33.8 Å². The average Bonchev–Trinajstić information content (AvgIpc) is 3.45. The van der Waals surface area contributed by atoms with Gasteiger partial charge in [-0.25, -0.2) is 9.13 Å². The van der Waals surface area contributed by atoms with E-state index < -0.39 is 97.5 Å². The molecule has 17 nitrogen and oxygen atoms in total. The van der Waals surface area contributed by atoms with Crippen molar-refractivity contribution in [3.05, 3.63) is 0 Å². The summed E-state index contributed by atoms with van der Waals surface area (Å²) in [7, 11) is -9.88.